The SMILES string of the molecule is O=C1OC(c2ccco2)=N/C1=C\c1cc(Br)c(OCc2cccc(Cl)c2)c(Br)c1. The van der Waals surface area contributed by atoms with E-state index >= 15 is 0 Å². The average molecular weight is 538 g/mol. The number of hydrogen-bond donors (Lipinski definition) is 0. The van der Waals surface area contributed by atoms with Gasteiger partial charge in [-0.15, -0.1) is 0 Å². The Hall–Kier alpha value is -2.35. The first-order valence-corrected chi connectivity index (χ1v) is 10.4. The minimum absolute atomic E-state index is 0.144. The number of ether oxygens (including phenoxy) is 2. The smallest absolute Gasteiger partial charge is 0.363 e. The van der Waals surface area contributed by atoms with Crippen molar-refractivity contribution < 1.29 is 18.7 Å². The Morgan fingerprint density at radius 3 is 2.59 bits per heavy atom. The zero-order valence-electron chi connectivity index (χ0n) is 14.7. The molecule has 146 valence electrons. The molecule has 0 bridgehead atoms. The van der Waals surface area contributed by atoms with Gasteiger partial charge in [0, 0.05) is 5.02 Å². The summed E-state index contributed by atoms with van der Waals surface area (Å²) in [6, 6.07) is 14.5. The van der Waals surface area contributed by atoms with Gasteiger partial charge in [0.2, 0.25) is 0 Å². The summed E-state index contributed by atoms with van der Waals surface area (Å²) in [4.78, 5) is 16.3. The van der Waals surface area contributed by atoms with Crippen LogP contribution in [0.5, 0.6) is 5.75 Å². The zero-order valence-corrected chi connectivity index (χ0v) is 18.6. The lowest BCUT2D eigenvalue weighted by atomic mass is 10.2. The highest BCUT2D eigenvalue weighted by molar-refractivity contribution is 9.11. The van der Waals surface area contributed by atoms with Crippen molar-refractivity contribution in [2.75, 3.05) is 0 Å². The fraction of sp³-hybridized carbons (Fsp3) is 0.0476. The van der Waals surface area contributed by atoms with Gasteiger partial charge in [0.25, 0.3) is 5.90 Å². The number of carbonyl (C=O) groups excluding carboxylic acids is 1. The quantitative estimate of drug-likeness (QED) is 0.280. The maximum atomic E-state index is 12.1. The fourth-order valence-electron chi connectivity index (χ4n) is 2.66. The van der Waals surface area contributed by atoms with Crippen molar-refractivity contribution >= 4 is 61.4 Å². The summed E-state index contributed by atoms with van der Waals surface area (Å²) >= 11 is 13.0. The van der Waals surface area contributed by atoms with Crippen LogP contribution < -0.4 is 4.74 Å². The second-order valence-corrected chi connectivity index (χ2v) is 8.19. The number of hydrogen-bond acceptors (Lipinski definition) is 5. The van der Waals surface area contributed by atoms with Gasteiger partial charge in [-0.25, -0.2) is 9.79 Å². The Balaban J connectivity index is 1.55. The molecule has 1 aromatic heterocycles. The van der Waals surface area contributed by atoms with Crippen LogP contribution in [0.25, 0.3) is 6.08 Å². The maximum Gasteiger partial charge on any atom is 0.363 e. The number of benzene rings is 2. The molecule has 0 fully saturated rings. The molecule has 0 N–H and O–H groups in total. The van der Waals surface area contributed by atoms with Gasteiger partial charge in [-0.1, -0.05) is 23.7 Å². The number of rotatable bonds is 5. The minimum atomic E-state index is -0.537. The van der Waals surface area contributed by atoms with E-state index in [9.17, 15) is 4.79 Å². The molecule has 0 radical (unpaired) electrons. The highest BCUT2D eigenvalue weighted by Crippen LogP contribution is 2.36. The van der Waals surface area contributed by atoms with Gasteiger partial charge in [0.1, 0.15) is 12.4 Å². The van der Waals surface area contributed by atoms with Gasteiger partial charge in [-0.2, -0.15) is 0 Å². The molecule has 2 heterocycles. The van der Waals surface area contributed by atoms with Gasteiger partial charge in [0.15, 0.2) is 11.5 Å². The van der Waals surface area contributed by atoms with Crippen LogP contribution in [0, 0.1) is 0 Å². The van der Waals surface area contributed by atoms with E-state index in [1.807, 2.05) is 36.4 Å². The second-order valence-electron chi connectivity index (χ2n) is 6.05. The second kappa shape index (κ2) is 8.57. The van der Waals surface area contributed by atoms with Gasteiger partial charge in [-0.05, 0) is 85.5 Å². The minimum Gasteiger partial charge on any atom is -0.487 e. The highest BCUT2D eigenvalue weighted by Gasteiger charge is 2.26. The molecule has 0 atom stereocenters. The van der Waals surface area contributed by atoms with Crippen LogP contribution in [0.15, 0.2) is 78.8 Å². The van der Waals surface area contributed by atoms with Crippen molar-refractivity contribution in [1.29, 1.82) is 0 Å². The van der Waals surface area contributed by atoms with Crippen LogP contribution in [0.4, 0.5) is 0 Å². The summed E-state index contributed by atoms with van der Waals surface area (Å²) in [6.07, 6.45) is 3.12. The first-order chi connectivity index (χ1) is 14.0. The van der Waals surface area contributed by atoms with Crippen LogP contribution in [0.2, 0.25) is 5.02 Å². The largest absolute Gasteiger partial charge is 0.487 e. The molecule has 1 aliphatic heterocycles. The van der Waals surface area contributed by atoms with E-state index in [1.54, 1.807) is 18.2 Å². The van der Waals surface area contributed by atoms with Gasteiger partial charge in [-0.3, -0.25) is 0 Å². The third-order valence-electron chi connectivity index (χ3n) is 3.95. The summed E-state index contributed by atoms with van der Waals surface area (Å²) < 4.78 is 17.7. The summed E-state index contributed by atoms with van der Waals surface area (Å²) in [7, 11) is 0. The summed E-state index contributed by atoms with van der Waals surface area (Å²) in [5, 5.41) is 0.657. The van der Waals surface area contributed by atoms with Gasteiger partial charge >= 0.3 is 5.97 Å². The zero-order chi connectivity index (χ0) is 20.4. The Morgan fingerprint density at radius 2 is 1.90 bits per heavy atom. The summed E-state index contributed by atoms with van der Waals surface area (Å²) in [6.45, 7) is 0.362. The molecule has 4 rings (SSSR count). The Kier molecular flexibility index (Phi) is 5.89. The molecule has 0 unspecified atom stereocenters. The molecular formula is C21H12Br2ClNO4. The lowest BCUT2D eigenvalue weighted by Gasteiger charge is -2.11. The van der Waals surface area contributed by atoms with E-state index in [0.717, 1.165) is 20.1 Å². The predicted octanol–water partition coefficient (Wildman–Crippen LogP) is 6.38. The average Bonchev–Trinajstić information content (AvgIpc) is 3.32. The normalized spacial score (nSPS) is 14.8. The number of furan rings is 1. The first kappa shape index (κ1) is 19.9. The van der Waals surface area contributed by atoms with Crippen molar-refractivity contribution in [1.82, 2.24) is 0 Å². The van der Waals surface area contributed by atoms with E-state index in [4.69, 9.17) is 25.5 Å². The first-order valence-electron chi connectivity index (χ1n) is 8.42. The molecule has 0 amide bonds. The molecule has 2 aromatic carbocycles. The molecule has 0 spiro atoms. The van der Waals surface area contributed by atoms with Gasteiger partial charge < -0.3 is 13.9 Å². The Morgan fingerprint density at radius 1 is 1.10 bits per heavy atom. The number of esters is 1. The van der Waals surface area contributed by atoms with Crippen molar-refractivity contribution in [3.63, 3.8) is 0 Å². The standard InChI is InChI=1S/C21H12Br2ClNO4/c22-15-8-13(10-17-21(26)29-20(25-17)18-5-2-6-27-18)9-16(23)19(15)28-11-12-3-1-4-14(24)7-12/h1-10H,11H2/b17-10-. The topological polar surface area (TPSA) is 61.0 Å². The molecule has 3 aromatic rings. The van der Waals surface area contributed by atoms with E-state index in [1.165, 1.54) is 6.26 Å². The third-order valence-corrected chi connectivity index (χ3v) is 5.36. The fourth-order valence-corrected chi connectivity index (χ4v) is 4.32. The van der Waals surface area contributed by atoms with E-state index in [-0.39, 0.29) is 11.6 Å². The summed E-state index contributed by atoms with van der Waals surface area (Å²) in [5.74, 6) is 0.644. The van der Waals surface area contributed by atoms with Crippen LogP contribution in [-0.2, 0) is 16.1 Å². The number of cyclic esters (lactones) is 1. The van der Waals surface area contributed by atoms with Crippen molar-refractivity contribution in [3.8, 4) is 5.75 Å². The Bertz CT molecular complexity index is 1120. The molecule has 29 heavy (non-hydrogen) atoms. The molecule has 5 nitrogen and oxygen atoms in total. The molecule has 0 aliphatic carbocycles. The van der Waals surface area contributed by atoms with E-state index in [2.05, 4.69) is 36.9 Å². The number of halogens is 3. The summed E-state index contributed by atoms with van der Waals surface area (Å²) in [5.41, 5.74) is 1.88. The number of carbonyl (C=O) groups is 1. The van der Waals surface area contributed by atoms with Crippen molar-refractivity contribution in [3.05, 3.63) is 91.3 Å². The molecular weight excluding hydrogens is 525 g/mol. The van der Waals surface area contributed by atoms with Crippen LogP contribution in [0.3, 0.4) is 0 Å². The van der Waals surface area contributed by atoms with Crippen LogP contribution in [0.1, 0.15) is 16.9 Å². The van der Waals surface area contributed by atoms with Gasteiger partial charge in [0.05, 0.1) is 15.2 Å². The predicted molar refractivity (Wildman–Crippen MR) is 117 cm³/mol. The van der Waals surface area contributed by atoms with E-state index < -0.39 is 5.97 Å². The maximum absolute atomic E-state index is 12.1. The van der Waals surface area contributed by atoms with E-state index in [0.29, 0.717) is 23.1 Å². The molecule has 1 aliphatic rings. The number of nitrogens with zero attached hydrogens (tertiary/aromatic N) is 1. The van der Waals surface area contributed by atoms with Crippen molar-refractivity contribution in [2.24, 2.45) is 4.99 Å². The third kappa shape index (κ3) is 4.63. The highest BCUT2D eigenvalue weighted by atomic mass is 79.9. The molecule has 0 saturated heterocycles. The van der Waals surface area contributed by atoms with Crippen LogP contribution >= 0.6 is 43.5 Å². The Labute approximate surface area is 188 Å². The van der Waals surface area contributed by atoms with Crippen LogP contribution in [-0.4, -0.2) is 11.9 Å². The van der Waals surface area contributed by atoms with Crippen molar-refractivity contribution in [2.45, 2.75) is 6.61 Å². The monoisotopic (exact) mass is 535 g/mol. The molecule has 8 heteroatoms. The lowest BCUT2D eigenvalue weighted by Crippen LogP contribution is -2.04. The number of aliphatic imine (C=N–C) groups is 1. The lowest BCUT2D eigenvalue weighted by molar-refractivity contribution is -0.130. The molecule has 0 saturated carbocycles.